The topological polar surface area (TPSA) is 108 Å². The maximum absolute atomic E-state index is 10.7. The number of hydrogen-bond acceptors (Lipinski definition) is 6. The van der Waals surface area contributed by atoms with Crippen molar-refractivity contribution in [1.29, 1.82) is 0 Å². The minimum absolute atomic E-state index is 0.00706. The van der Waals surface area contributed by atoms with Crippen LogP contribution in [0.1, 0.15) is 22.3 Å². The van der Waals surface area contributed by atoms with E-state index < -0.39 is 4.92 Å². The van der Waals surface area contributed by atoms with Crippen LogP contribution in [0, 0.1) is 10.1 Å². The number of nitrogens with zero attached hydrogens (tertiary/aromatic N) is 3. The van der Waals surface area contributed by atoms with Gasteiger partial charge < -0.3 is 10.2 Å². The normalized spacial score (nSPS) is 12.6. The highest BCUT2D eigenvalue weighted by molar-refractivity contribution is 5.63. The Hall–Kier alpha value is -3.74. The molecule has 0 fully saturated rings. The third-order valence-electron chi connectivity index (χ3n) is 4.68. The molecule has 0 amide bonds. The Morgan fingerprint density at radius 1 is 0.815 bits per heavy atom. The van der Waals surface area contributed by atoms with Gasteiger partial charge in [-0.25, -0.2) is 0 Å². The molecule has 0 aliphatic heterocycles. The molecule has 3 aromatic rings. The van der Waals surface area contributed by atoms with E-state index in [4.69, 9.17) is 0 Å². The molecule has 1 aliphatic carbocycles. The van der Waals surface area contributed by atoms with Crippen molar-refractivity contribution in [3.8, 4) is 11.5 Å². The second kappa shape index (κ2) is 6.53. The van der Waals surface area contributed by atoms with Crippen LogP contribution in [0.15, 0.2) is 64.8 Å². The molecule has 2 N–H and O–H groups in total. The highest BCUT2D eigenvalue weighted by atomic mass is 16.6. The molecule has 0 heterocycles. The molecule has 4 rings (SSSR count). The average molecular weight is 361 g/mol. The first-order valence-corrected chi connectivity index (χ1v) is 8.32. The van der Waals surface area contributed by atoms with Crippen LogP contribution in [0.4, 0.5) is 17.1 Å². The molecule has 7 nitrogen and oxygen atoms in total. The number of fused-ring (bicyclic) bond motifs is 2. The van der Waals surface area contributed by atoms with E-state index in [1.807, 2.05) is 6.07 Å². The predicted molar refractivity (Wildman–Crippen MR) is 99.1 cm³/mol. The fraction of sp³-hybridized carbons (Fsp3) is 0.100. The number of azo groups is 1. The van der Waals surface area contributed by atoms with E-state index in [-0.39, 0.29) is 17.2 Å². The van der Waals surface area contributed by atoms with E-state index in [0.717, 1.165) is 22.3 Å². The molecule has 0 spiro atoms. The van der Waals surface area contributed by atoms with E-state index in [2.05, 4.69) is 10.2 Å². The van der Waals surface area contributed by atoms with E-state index in [1.54, 1.807) is 24.3 Å². The Morgan fingerprint density at radius 3 is 2.30 bits per heavy atom. The molecular weight excluding hydrogens is 346 g/mol. The summed E-state index contributed by atoms with van der Waals surface area (Å²) in [6.07, 6.45) is 0.951. The van der Waals surface area contributed by atoms with Gasteiger partial charge in [0.05, 0.1) is 16.3 Å². The molecule has 0 saturated carbocycles. The van der Waals surface area contributed by atoms with Crippen molar-refractivity contribution in [3.63, 3.8) is 0 Å². The number of aromatic hydroxyl groups is 2. The minimum Gasteiger partial charge on any atom is -0.508 e. The van der Waals surface area contributed by atoms with Crippen LogP contribution in [-0.2, 0) is 12.8 Å². The second-order valence-corrected chi connectivity index (χ2v) is 6.30. The maximum atomic E-state index is 10.7. The highest BCUT2D eigenvalue weighted by Gasteiger charge is 2.23. The molecule has 7 heteroatoms. The first kappa shape index (κ1) is 16.7. The summed E-state index contributed by atoms with van der Waals surface area (Å²) < 4.78 is 0. The van der Waals surface area contributed by atoms with Crippen molar-refractivity contribution >= 4 is 17.1 Å². The van der Waals surface area contributed by atoms with Crippen LogP contribution < -0.4 is 0 Å². The lowest BCUT2D eigenvalue weighted by atomic mass is 9.84. The number of hydrogen-bond donors (Lipinski definition) is 2. The Kier molecular flexibility index (Phi) is 4.04. The van der Waals surface area contributed by atoms with Crippen molar-refractivity contribution in [2.24, 2.45) is 10.2 Å². The lowest BCUT2D eigenvalue weighted by Crippen LogP contribution is -2.08. The predicted octanol–water partition coefficient (Wildman–Crippen LogP) is 4.92. The van der Waals surface area contributed by atoms with Gasteiger partial charge in [-0.2, -0.15) is 10.2 Å². The lowest BCUT2D eigenvalue weighted by Gasteiger charge is -2.22. The second-order valence-electron chi connectivity index (χ2n) is 6.30. The molecule has 1 aliphatic rings. The zero-order valence-corrected chi connectivity index (χ0v) is 14.2. The zero-order valence-electron chi connectivity index (χ0n) is 14.2. The van der Waals surface area contributed by atoms with Crippen molar-refractivity contribution in [2.45, 2.75) is 12.8 Å². The van der Waals surface area contributed by atoms with Gasteiger partial charge in [0.2, 0.25) is 0 Å². The quantitative estimate of drug-likeness (QED) is 0.307. The molecule has 0 atom stereocenters. The van der Waals surface area contributed by atoms with Crippen LogP contribution >= 0.6 is 0 Å². The summed E-state index contributed by atoms with van der Waals surface area (Å²) in [5.74, 6) is 0.378. The van der Waals surface area contributed by atoms with Crippen molar-refractivity contribution in [2.75, 3.05) is 0 Å². The third kappa shape index (κ3) is 3.10. The maximum Gasteiger partial charge on any atom is 0.269 e. The van der Waals surface area contributed by atoms with Gasteiger partial charge in [-0.1, -0.05) is 12.1 Å². The Labute approximate surface area is 154 Å². The molecule has 0 saturated heterocycles. The Balaban J connectivity index is 1.69. The largest absolute Gasteiger partial charge is 0.508 e. The highest BCUT2D eigenvalue weighted by Crippen LogP contribution is 2.40. The summed E-state index contributed by atoms with van der Waals surface area (Å²) in [5, 5.41) is 39.5. The lowest BCUT2D eigenvalue weighted by molar-refractivity contribution is -0.384. The minimum atomic E-state index is -0.468. The number of nitro benzene ring substituents is 1. The number of non-ortho nitro benzene ring substituents is 1. The van der Waals surface area contributed by atoms with Crippen LogP contribution in [0.5, 0.6) is 11.5 Å². The third-order valence-corrected chi connectivity index (χ3v) is 4.68. The number of benzene rings is 3. The molecule has 0 bridgehead atoms. The molecule has 0 aromatic heterocycles. The van der Waals surface area contributed by atoms with Gasteiger partial charge in [-0.3, -0.25) is 10.1 Å². The summed E-state index contributed by atoms with van der Waals surface area (Å²) in [5.41, 5.74) is 4.49. The number of rotatable bonds is 3. The van der Waals surface area contributed by atoms with Gasteiger partial charge in [0, 0.05) is 36.1 Å². The zero-order chi connectivity index (χ0) is 19.0. The van der Waals surface area contributed by atoms with Gasteiger partial charge in [0.15, 0.2) is 0 Å². The van der Waals surface area contributed by atoms with Crippen LogP contribution in [-0.4, -0.2) is 15.1 Å². The molecule has 27 heavy (non-hydrogen) atoms. The Bertz CT molecular complexity index is 1080. The van der Waals surface area contributed by atoms with E-state index >= 15 is 0 Å². The van der Waals surface area contributed by atoms with Crippen LogP contribution in [0.2, 0.25) is 0 Å². The summed E-state index contributed by atoms with van der Waals surface area (Å²) in [6.45, 7) is 0. The fourth-order valence-electron chi connectivity index (χ4n) is 3.27. The first-order valence-electron chi connectivity index (χ1n) is 8.32. The van der Waals surface area contributed by atoms with E-state index in [0.29, 0.717) is 24.2 Å². The summed E-state index contributed by atoms with van der Waals surface area (Å²) in [4.78, 5) is 10.3. The van der Waals surface area contributed by atoms with Gasteiger partial charge in [0.25, 0.3) is 5.69 Å². The molecule has 0 unspecified atom stereocenters. The standard InChI is InChI=1S/C20H15N3O4/c24-19-3-1-2-12-10-16-17(11-15(12)19)20(25)9-8-18(16)22-21-13-4-6-14(7-5-13)23(26)27/h1-9,24-25H,10-11H2. The monoisotopic (exact) mass is 361 g/mol. The van der Waals surface area contributed by atoms with Gasteiger partial charge in [-0.15, -0.1) is 0 Å². The SMILES string of the molecule is O=[N+]([O-])c1ccc(N=Nc2ccc(O)c3c2Cc2cccc(O)c2C3)cc1. The van der Waals surface area contributed by atoms with Gasteiger partial charge >= 0.3 is 0 Å². The van der Waals surface area contributed by atoms with Crippen LogP contribution in [0.25, 0.3) is 0 Å². The van der Waals surface area contributed by atoms with E-state index in [1.165, 1.54) is 24.3 Å². The first-order chi connectivity index (χ1) is 13.0. The number of phenolic OH excluding ortho intramolecular Hbond substituents is 2. The molecule has 3 aromatic carbocycles. The average Bonchev–Trinajstić information content (AvgIpc) is 2.67. The van der Waals surface area contributed by atoms with Crippen molar-refractivity contribution in [1.82, 2.24) is 0 Å². The summed E-state index contributed by atoms with van der Waals surface area (Å²) >= 11 is 0. The molecule has 134 valence electrons. The molecular formula is C20H15N3O4. The van der Waals surface area contributed by atoms with Crippen molar-refractivity contribution in [3.05, 3.63) is 87.0 Å². The summed E-state index contributed by atoms with van der Waals surface area (Å²) in [6, 6.07) is 14.4. The van der Waals surface area contributed by atoms with Gasteiger partial charge in [-0.05, 0) is 41.5 Å². The number of phenols is 2. The molecule has 0 radical (unpaired) electrons. The fourth-order valence-corrected chi connectivity index (χ4v) is 3.27. The van der Waals surface area contributed by atoms with Crippen LogP contribution in [0.3, 0.4) is 0 Å². The van der Waals surface area contributed by atoms with Crippen molar-refractivity contribution < 1.29 is 15.1 Å². The number of nitro groups is 1. The Morgan fingerprint density at radius 2 is 1.56 bits per heavy atom. The summed E-state index contributed by atoms with van der Waals surface area (Å²) in [7, 11) is 0. The smallest absolute Gasteiger partial charge is 0.269 e. The van der Waals surface area contributed by atoms with E-state index in [9.17, 15) is 20.3 Å². The van der Waals surface area contributed by atoms with Gasteiger partial charge in [0.1, 0.15) is 11.5 Å².